The lowest BCUT2D eigenvalue weighted by Crippen LogP contribution is -2.41. The number of rotatable bonds is 6. The summed E-state index contributed by atoms with van der Waals surface area (Å²) in [5, 5.41) is 8.68. The maximum atomic E-state index is 12.6. The number of aliphatic carboxylic acids is 1. The molecule has 6 heteroatoms. The summed E-state index contributed by atoms with van der Waals surface area (Å²) < 4.78 is 0. The van der Waals surface area contributed by atoms with Gasteiger partial charge in [0, 0.05) is 24.7 Å². The number of carbonyl (C=O) groups is 2. The van der Waals surface area contributed by atoms with Crippen molar-refractivity contribution in [1.82, 2.24) is 9.88 Å². The highest BCUT2D eigenvalue weighted by atomic mass is 16.4. The molecule has 0 spiro atoms. The van der Waals surface area contributed by atoms with E-state index in [9.17, 15) is 14.4 Å². The number of aromatic amines is 1. The summed E-state index contributed by atoms with van der Waals surface area (Å²) in [5.74, 6) is -1.25. The highest BCUT2D eigenvalue weighted by Crippen LogP contribution is 2.11. The van der Waals surface area contributed by atoms with Crippen LogP contribution in [-0.2, 0) is 4.79 Å². The van der Waals surface area contributed by atoms with Crippen LogP contribution in [0.25, 0.3) is 0 Å². The molecule has 0 unspecified atom stereocenters. The summed E-state index contributed by atoms with van der Waals surface area (Å²) in [6.07, 6.45) is 0.363. The third kappa shape index (κ3) is 4.44. The lowest BCUT2D eigenvalue weighted by Gasteiger charge is -2.27. The summed E-state index contributed by atoms with van der Waals surface area (Å²) in [6, 6.07) is 1.65. The summed E-state index contributed by atoms with van der Waals surface area (Å²) in [5.41, 5.74) is 1.06. The highest BCUT2D eigenvalue weighted by Gasteiger charge is 2.23. The molecule has 0 aliphatic carbocycles. The first-order valence-electron chi connectivity index (χ1n) is 6.97. The van der Waals surface area contributed by atoms with Crippen molar-refractivity contribution < 1.29 is 14.7 Å². The van der Waals surface area contributed by atoms with E-state index in [1.807, 2.05) is 13.8 Å². The van der Waals surface area contributed by atoms with Crippen molar-refractivity contribution in [2.45, 2.75) is 46.6 Å². The molecular formula is C15H22N2O4. The molecule has 1 amide bonds. The molecule has 0 radical (unpaired) electrons. The van der Waals surface area contributed by atoms with Crippen molar-refractivity contribution in [2.24, 2.45) is 0 Å². The van der Waals surface area contributed by atoms with E-state index in [0.717, 1.165) is 0 Å². The number of nitrogens with zero attached hydrogens (tertiary/aromatic N) is 1. The van der Waals surface area contributed by atoms with Crippen LogP contribution in [0, 0.1) is 13.8 Å². The minimum atomic E-state index is -0.893. The van der Waals surface area contributed by atoms with Gasteiger partial charge in [-0.2, -0.15) is 0 Å². The number of carbonyl (C=O) groups excluding carboxylic acids is 1. The number of nitrogens with one attached hydrogen (secondary N) is 1. The first kappa shape index (κ1) is 16.9. The molecule has 0 fully saturated rings. The number of aromatic nitrogens is 1. The van der Waals surface area contributed by atoms with Gasteiger partial charge in [0.15, 0.2) is 0 Å². The maximum absolute atomic E-state index is 12.6. The van der Waals surface area contributed by atoms with Gasteiger partial charge < -0.3 is 15.0 Å². The predicted molar refractivity (Wildman–Crippen MR) is 79.6 cm³/mol. The Hall–Kier alpha value is -2.11. The lowest BCUT2D eigenvalue weighted by atomic mass is 10.1. The Morgan fingerprint density at radius 3 is 2.43 bits per heavy atom. The van der Waals surface area contributed by atoms with Crippen LogP contribution in [0.4, 0.5) is 0 Å². The van der Waals surface area contributed by atoms with Crippen LogP contribution < -0.4 is 5.56 Å². The predicted octanol–water partition coefficient (Wildman–Crippen LogP) is 1.71. The maximum Gasteiger partial charge on any atom is 0.303 e. The van der Waals surface area contributed by atoms with Gasteiger partial charge >= 0.3 is 5.97 Å². The van der Waals surface area contributed by atoms with E-state index in [2.05, 4.69) is 4.98 Å². The van der Waals surface area contributed by atoms with Gasteiger partial charge in [0.25, 0.3) is 11.5 Å². The summed E-state index contributed by atoms with van der Waals surface area (Å²) in [4.78, 5) is 39.3. The average molecular weight is 294 g/mol. The highest BCUT2D eigenvalue weighted by molar-refractivity contribution is 5.95. The largest absolute Gasteiger partial charge is 0.481 e. The molecule has 1 aromatic heterocycles. The first-order valence-corrected chi connectivity index (χ1v) is 6.97. The van der Waals surface area contributed by atoms with Crippen LogP contribution >= 0.6 is 0 Å². The minimum absolute atomic E-state index is 0.000261. The summed E-state index contributed by atoms with van der Waals surface area (Å²) in [6.45, 7) is 7.49. The Morgan fingerprint density at radius 2 is 1.95 bits per heavy atom. The molecule has 21 heavy (non-hydrogen) atoms. The number of carboxylic acid groups (broad SMARTS) is 1. The molecule has 2 N–H and O–H groups in total. The molecule has 0 aliphatic heterocycles. The third-order valence-electron chi connectivity index (χ3n) is 3.25. The van der Waals surface area contributed by atoms with Crippen LogP contribution in [0.1, 0.15) is 48.3 Å². The Balaban J connectivity index is 3.02. The molecule has 0 aliphatic rings. The normalized spacial score (nSPS) is 10.7. The molecule has 6 nitrogen and oxygen atoms in total. The van der Waals surface area contributed by atoms with Gasteiger partial charge in [0.05, 0.1) is 0 Å². The van der Waals surface area contributed by atoms with Crippen LogP contribution in [0.5, 0.6) is 0 Å². The van der Waals surface area contributed by atoms with Crippen LogP contribution in [0.3, 0.4) is 0 Å². The monoisotopic (exact) mass is 294 g/mol. The van der Waals surface area contributed by atoms with Gasteiger partial charge in [-0.25, -0.2) is 0 Å². The fourth-order valence-corrected chi connectivity index (χ4v) is 2.26. The zero-order chi connectivity index (χ0) is 16.2. The van der Waals surface area contributed by atoms with E-state index < -0.39 is 11.5 Å². The van der Waals surface area contributed by atoms with Crippen molar-refractivity contribution in [2.75, 3.05) is 6.54 Å². The van der Waals surface area contributed by atoms with Gasteiger partial charge in [-0.15, -0.1) is 0 Å². The Kier molecular flexibility index (Phi) is 5.69. The zero-order valence-electron chi connectivity index (χ0n) is 12.9. The molecule has 0 bridgehead atoms. The lowest BCUT2D eigenvalue weighted by molar-refractivity contribution is -0.137. The Morgan fingerprint density at radius 1 is 1.33 bits per heavy atom. The van der Waals surface area contributed by atoms with Crippen molar-refractivity contribution in [3.8, 4) is 0 Å². The summed E-state index contributed by atoms with van der Waals surface area (Å²) in [7, 11) is 0. The second kappa shape index (κ2) is 7.06. The molecular weight excluding hydrogens is 272 g/mol. The minimum Gasteiger partial charge on any atom is -0.481 e. The molecule has 1 rings (SSSR count). The SMILES string of the molecule is Cc1cc(C)c(C(=O)N(CCCC(=O)O)C(C)C)c(=O)[nH]1. The molecule has 0 atom stereocenters. The zero-order valence-corrected chi connectivity index (χ0v) is 12.9. The second-order valence-corrected chi connectivity index (χ2v) is 5.43. The van der Waals surface area contributed by atoms with Gasteiger partial charge in [0.2, 0.25) is 0 Å². The number of amides is 1. The van der Waals surface area contributed by atoms with E-state index in [4.69, 9.17) is 5.11 Å². The second-order valence-electron chi connectivity index (χ2n) is 5.43. The molecule has 0 saturated heterocycles. The van der Waals surface area contributed by atoms with Crippen LogP contribution in [0.2, 0.25) is 0 Å². The van der Waals surface area contributed by atoms with Crippen molar-refractivity contribution >= 4 is 11.9 Å². The molecule has 116 valence electrons. The van der Waals surface area contributed by atoms with E-state index in [-0.39, 0.29) is 23.9 Å². The van der Waals surface area contributed by atoms with Crippen LogP contribution in [0.15, 0.2) is 10.9 Å². The number of H-pyrrole nitrogens is 1. The van der Waals surface area contributed by atoms with Crippen LogP contribution in [-0.4, -0.2) is 39.5 Å². The Labute approximate surface area is 123 Å². The van der Waals surface area contributed by atoms with Gasteiger partial charge in [0.1, 0.15) is 5.56 Å². The van der Waals surface area contributed by atoms with E-state index in [0.29, 0.717) is 24.2 Å². The number of aryl methyl sites for hydroxylation is 2. The van der Waals surface area contributed by atoms with Gasteiger partial charge in [-0.3, -0.25) is 14.4 Å². The van der Waals surface area contributed by atoms with E-state index in [1.165, 1.54) is 4.90 Å². The average Bonchev–Trinajstić information content (AvgIpc) is 2.32. The number of hydrogen-bond donors (Lipinski definition) is 2. The Bertz CT molecular complexity index is 590. The number of pyridine rings is 1. The smallest absolute Gasteiger partial charge is 0.303 e. The summed E-state index contributed by atoms with van der Waals surface area (Å²) >= 11 is 0. The quantitative estimate of drug-likeness (QED) is 0.835. The fraction of sp³-hybridized carbons (Fsp3) is 0.533. The van der Waals surface area contributed by atoms with E-state index >= 15 is 0 Å². The topological polar surface area (TPSA) is 90.5 Å². The third-order valence-corrected chi connectivity index (χ3v) is 3.25. The molecule has 0 aromatic carbocycles. The van der Waals surface area contributed by atoms with Gasteiger partial charge in [-0.1, -0.05) is 0 Å². The van der Waals surface area contributed by atoms with Crippen molar-refractivity contribution in [1.29, 1.82) is 0 Å². The molecule has 0 saturated carbocycles. The van der Waals surface area contributed by atoms with Crippen molar-refractivity contribution in [3.05, 3.63) is 33.2 Å². The number of carboxylic acids is 1. The van der Waals surface area contributed by atoms with Crippen molar-refractivity contribution in [3.63, 3.8) is 0 Å². The van der Waals surface area contributed by atoms with Gasteiger partial charge in [-0.05, 0) is 45.7 Å². The molecule has 1 aromatic rings. The number of hydrogen-bond acceptors (Lipinski definition) is 3. The molecule has 1 heterocycles. The standard InChI is InChI=1S/C15H22N2O4/c1-9(2)17(7-5-6-12(18)19)15(21)13-10(3)8-11(4)16-14(13)20/h8-9H,5-7H2,1-4H3,(H,16,20)(H,18,19). The fourth-order valence-electron chi connectivity index (χ4n) is 2.26. The van der Waals surface area contributed by atoms with E-state index in [1.54, 1.807) is 19.9 Å². The first-order chi connectivity index (χ1) is 9.73.